The molecule has 0 fully saturated rings. The number of carbonyl (C=O) groups is 2. The summed E-state index contributed by atoms with van der Waals surface area (Å²) in [5, 5.41) is 2.82. The first-order valence-electron chi connectivity index (χ1n) is 10.7. The molecular weight excluding hydrogens is 418 g/mol. The zero-order valence-electron chi connectivity index (χ0n) is 18.8. The number of hydrogen-bond donors (Lipinski definition) is 1. The summed E-state index contributed by atoms with van der Waals surface area (Å²) >= 11 is 0. The Morgan fingerprint density at radius 2 is 1.79 bits per heavy atom. The second-order valence-electron chi connectivity index (χ2n) is 7.43. The summed E-state index contributed by atoms with van der Waals surface area (Å²) in [6.45, 7) is 4.68. The van der Waals surface area contributed by atoms with Gasteiger partial charge in [-0.1, -0.05) is 48.5 Å². The van der Waals surface area contributed by atoms with Crippen molar-refractivity contribution in [2.75, 3.05) is 32.1 Å². The van der Waals surface area contributed by atoms with Gasteiger partial charge in [0.05, 0.1) is 25.6 Å². The lowest BCUT2D eigenvalue weighted by Crippen LogP contribution is -2.45. The first-order chi connectivity index (χ1) is 16.1. The highest BCUT2D eigenvalue weighted by molar-refractivity contribution is 5.93. The number of rotatable bonds is 11. The standard InChI is InChI=1S/C26H29N3O4/c1-3-16-29(26(31)27-23-13-7-8-14-24(23)32-2)20-25(30)28(19-22-12-9-18-33-22)17-15-21-10-5-4-6-11-21/h3-14,18H,1,15-17,19-20H2,2H3,(H,27,31). The first-order valence-corrected chi connectivity index (χ1v) is 10.7. The molecule has 172 valence electrons. The molecule has 2 aromatic carbocycles. The number of hydrogen-bond acceptors (Lipinski definition) is 4. The van der Waals surface area contributed by atoms with Crippen LogP contribution in [0.15, 0.2) is 90.1 Å². The molecule has 0 unspecified atom stereocenters. The fourth-order valence-electron chi connectivity index (χ4n) is 3.37. The molecule has 7 heteroatoms. The number of nitrogens with zero attached hydrogens (tertiary/aromatic N) is 2. The number of anilines is 1. The lowest BCUT2D eigenvalue weighted by molar-refractivity contribution is -0.132. The summed E-state index contributed by atoms with van der Waals surface area (Å²) in [6.07, 6.45) is 3.87. The number of nitrogens with one attached hydrogen (secondary N) is 1. The highest BCUT2D eigenvalue weighted by atomic mass is 16.5. The molecular formula is C26H29N3O4. The first kappa shape index (κ1) is 23.7. The third kappa shape index (κ3) is 7.00. The van der Waals surface area contributed by atoms with Crippen LogP contribution in [0, 0.1) is 0 Å². The van der Waals surface area contributed by atoms with Gasteiger partial charge in [-0.2, -0.15) is 0 Å². The van der Waals surface area contributed by atoms with Crippen LogP contribution in [0.25, 0.3) is 0 Å². The lowest BCUT2D eigenvalue weighted by atomic mass is 10.1. The number of carbonyl (C=O) groups excluding carboxylic acids is 2. The van der Waals surface area contributed by atoms with E-state index in [4.69, 9.17) is 9.15 Å². The fraction of sp³-hybridized carbons (Fsp3) is 0.231. The highest BCUT2D eigenvalue weighted by Crippen LogP contribution is 2.23. The van der Waals surface area contributed by atoms with Gasteiger partial charge in [0.1, 0.15) is 18.1 Å². The summed E-state index contributed by atoms with van der Waals surface area (Å²) in [5.41, 5.74) is 1.66. The van der Waals surface area contributed by atoms with E-state index in [0.29, 0.717) is 36.7 Å². The van der Waals surface area contributed by atoms with Gasteiger partial charge in [-0.3, -0.25) is 4.79 Å². The number of methoxy groups -OCH3 is 1. The second-order valence-corrected chi connectivity index (χ2v) is 7.43. The van der Waals surface area contributed by atoms with Crippen LogP contribution in [0.1, 0.15) is 11.3 Å². The van der Waals surface area contributed by atoms with Crippen molar-refractivity contribution in [1.82, 2.24) is 9.80 Å². The Bertz CT molecular complexity index is 1030. The topological polar surface area (TPSA) is 75.0 Å². The average molecular weight is 448 g/mol. The molecule has 0 saturated heterocycles. The van der Waals surface area contributed by atoms with Gasteiger partial charge >= 0.3 is 6.03 Å². The Hall–Kier alpha value is -4.00. The van der Waals surface area contributed by atoms with Crippen molar-refractivity contribution in [3.05, 3.63) is 97.0 Å². The van der Waals surface area contributed by atoms with Crippen molar-refractivity contribution in [3.8, 4) is 5.75 Å². The molecule has 0 aliphatic carbocycles. The van der Waals surface area contributed by atoms with Crippen molar-refractivity contribution >= 4 is 17.6 Å². The molecule has 0 radical (unpaired) electrons. The van der Waals surface area contributed by atoms with Gasteiger partial charge in [0, 0.05) is 13.1 Å². The Kier molecular flexibility index (Phi) is 8.71. The van der Waals surface area contributed by atoms with E-state index in [1.54, 1.807) is 41.5 Å². The fourth-order valence-corrected chi connectivity index (χ4v) is 3.37. The summed E-state index contributed by atoms with van der Waals surface area (Å²) < 4.78 is 10.8. The molecule has 0 bridgehead atoms. The number of para-hydroxylation sites is 2. The Morgan fingerprint density at radius 1 is 1.03 bits per heavy atom. The Labute approximate surface area is 194 Å². The van der Waals surface area contributed by atoms with Crippen LogP contribution in [0.3, 0.4) is 0 Å². The molecule has 7 nitrogen and oxygen atoms in total. The monoisotopic (exact) mass is 447 g/mol. The Morgan fingerprint density at radius 3 is 2.48 bits per heavy atom. The molecule has 3 amide bonds. The molecule has 3 aromatic rings. The summed E-state index contributed by atoms with van der Waals surface area (Å²) in [6, 6.07) is 20.3. The van der Waals surface area contributed by atoms with Gasteiger partial charge in [-0.15, -0.1) is 6.58 Å². The van der Waals surface area contributed by atoms with Gasteiger partial charge < -0.3 is 24.3 Å². The van der Waals surface area contributed by atoms with E-state index in [1.807, 2.05) is 42.5 Å². The van der Waals surface area contributed by atoms with E-state index >= 15 is 0 Å². The van der Waals surface area contributed by atoms with Crippen LogP contribution >= 0.6 is 0 Å². The van der Waals surface area contributed by atoms with Crippen LogP contribution in [0.2, 0.25) is 0 Å². The predicted molar refractivity (Wildman–Crippen MR) is 128 cm³/mol. The van der Waals surface area contributed by atoms with Gasteiger partial charge in [0.25, 0.3) is 0 Å². The van der Waals surface area contributed by atoms with Crippen LogP contribution in [0.5, 0.6) is 5.75 Å². The minimum absolute atomic E-state index is 0.0947. The number of furan rings is 1. The van der Waals surface area contributed by atoms with Crippen molar-refractivity contribution in [2.24, 2.45) is 0 Å². The van der Waals surface area contributed by atoms with Crippen molar-refractivity contribution in [1.29, 1.82) is 0 Å². The normalized spacial score (nSPS) is 10.3. The van der Waals surface area contributed by atoms with E-state index in [2.05, 4.69) is 11.9 Å². The maximum Gasteiger partial charge on any atom is 0.322 e. The van der Waals surface area contributed by atoms with Gasteiger partial charge in [-0.05, 0) is 36.2 Å². The predicted octanol–water partition coefficient (Wildman–Crippen LogP) is 4.58. The van der Waals surface area contributed by atoms with Crippen molar-refractivity contribution in [3.63, 3.8) is 0 Å². The van der Waals surface area contributed by atoms with Crippen LogP contribution in [0.4, 0.5) is 10.5 Å². The molecule has 0 aliphatic heterocycles. The molecule has 0 saturated carbocycles. The SMILES string of the molecule is C=CCN(CC(=O)N(CCc1ccccc1)Cc1ccco1)C(=O)Nc1ccccc1OC. The van der Waals surface area contributed by atoms with Gasteiger partial charge in [0.15, 0.2) is 0 Å². The quantitative estimate of drug-likeness (QED) is 0.437. The Balaban J connectivity index is 1.70. The third-order valence-electron chi connectivity index (χ3n) is 5.10. The number of benzene rings is 2. The maximum absolute atomic E-state index is 13.3. The van der Waals surface area contributed by atoms with E-state index in [1.165, 1.54) is 12.0 Å². The number of amides is 3. The molecule has 1 N–H and O–H groups in total. The molecule has 1 aromatic heterocycles. The molecule has 0 atom stereocenters. The molecule has 0 aliphatic rings. The molecule has 3 rings (SSSR count). The smallest absolute Gasteiger partial charge is 0.322 e. The van der Waals surface area contributed by atoms with Crippen LogP contribution in [-0.2, 0) is 17.8 Å². The molecule has 1 heterocycles. The third-order valence-corrected chi connectivity index (χ3v) is 5.10. The van der Waals surface area contributed by atoms with E-state index in [9.17, 15) is 9.59 Å². The average Bonchev–Trinajstić information content (AvgIpc) is 3.35. The molecule has 0 spiro atoms. The highest BCUT2D eigenvalue weighted by Gasteiger charge is 2.22. The van der Waals surface area contributed by atoms with Crippen LogP contribution in [-0.4, -0.2) is 48.5 Å². The number of ether oxygens (including phenoxy) is 1. The lowest BCUT2D eigenvalue weighted by Gasteiger charge is -2.27. The zero-order valence-corrected chi connectivity index (χ0v) is 18.8. The summed E-state index contributed by atoms with van der Waals surface area (Å²) in [5.74, 6) is 1.04. The zero-order chi connectivity index (χ0) is 23.5. The van der Waals surface area contributed by atoms with E-state index in [0.717, 1.165) is 5.56 Å². The van der Waals surface area contributed by atoms with Crippen molar-refractivity contribution in [2.45, 2.75) is 13.0 Å². The van der Waals surface area contributed by atoms with Crippen molar-refractivity contribution < 1.29 is 18.7 Å². The van der Waals surface area contributed by atoms with E-state index < -0.39 is 6.03 Å². The van der Waals surface area contributed by atoms with Gasteiger partial charge in [-0.25, -0.2) is 4.79 Å². The largest absolute Gasteiger partial charge is 0.495 e. The van der Waals surface area contributed by atoms with E-state index in [-0.39, 0.29) is 19.0 Å². The van der Waals surface area contributed by atoms with Gasteiger partial charge in [0.2, 0.25) is 5.91 Å². The molecule has 33 heavy (non-hydrogen) atoms. The number of urea groups is 1. The summed E-state index contributed by atoms with van der Waals surface area (Å²) in [7, 11) is 1.54. The summed E-state index contributed by atoms with van der Waals surface area (Å²) in [4.78, 5) is 29.3. The minimum Gasteiger partial charge on any atom is -0.495 e. The minimum atomic E-state index is -0.409. The van der Waals surface area contributed by atoms with Crippen LogP contribution < -0.4 is 10.1 Å². The second kappa shape index (κ2) is 12.1. The maximum atomic E-state index is 13.3.